The fourth-order valence-corrected chi connectivity index (χ4v) is 2.56. The first kappa shape index (κ1) is 16.6. The second-order valence-corrected chi connectivity index (χ2v) is 5.49. The second-order valence-electron chi connectivity index (χ2n) is 5.49. The molecule has 122 valence electrons. The van der Waals surface area contributed by atoms with Gasteiger partial charge in [-0.05, 0) is 12.5 Å². The fourth-order valence-electron chi connectivity index (χ4n) is 2.56. The van der Waals surface area contributed by atoms with E-state index >= 15 is 0 Å². The first-order valence-corrected chi connectivity index (χ1v) is 6.79. The lowest BCUT2D eigenvalue weighted by molar-refractivity contribution is -0.226. The van der Waals surface area contributed by atoms with Gasteiger partial charge >= 0.3 is 0 Å². The highest BCUT2D eigenvalue weighted by Crippen LogP contribution is 2.25. The van der Waals surface area contributed by atoms with Crippen LogP contribution < -0.4 is 17.2 Å². The smallest absolute Gasteiger partial charge is 0.218 e. The summed E-state index contributed by atoms with van der Waals surface area (Å²) in [5.41, 5.74) is 17.3. The molecule has 9 nitrogen and oxygen atoms in total. The van der Waals surface area contributed by atoms with Crippen molar-refractivity contribution >= 4 is 0 Å². The summed E-state index contributed by atoms with van der Waals surface area (Å²) >= 11 is 0. The minimum Gasteiger partial charge on any atom is -0.465 e. The van der Waals surface area contributed by atoms with Gasteiger partial charge in [-0.15, -0.1) is 0 Å². The molecule has 1 aliphatic carbocycles. The van der Waals surface area contributed by atoms with E-state index in [1.807, 2.05) is 0 Å². The van der Waals surface area contributed by atoms with Gasteiger partial charge in [0.1, 0.15) is 24.6 Å². The molecule has 1 aliphatic heterocycles. The summed E-state index contributed by atoms with van der Waals surface area (Å²) in [7, 11) is 0. The van der Waals surface area contributed by atoms with Crippen molar-refractivity contribution < 1.29 is 29.9 Å². The number of aliphatic hydroxyl groups excluding tert-OH is 4. The normalized spacial score (nSPS) is 47.7. The van der Waals surface area contributed by atoms with Gasteiger partial charge in [0, 0.05) is 12.1 Å². The van der Waals surface area contributed by atoms with Crippen LogP contribution in [0.15, 0.2) is 11.8 Å². The first-order chi connectivity index (χ1) is 9.85. The second kappa shape index (κ2) is 6.55. The third-order valence-electron chi connectivity index (χ3n) is 3.87. The van der Waals surface area contributed by atoms with Gasteiger partial charge in [-0.25, -0.2) is 0 Å². The van der Waals surface area contributed by atoms with Crippen molar-refractivity contribution in [1.29, 1.82) is 0 Å². The first-order valence-electron chi connectivity index (χ1n) is 6.79. The number of ether oxygens (including phenoxy) is 2. The van der Waals surface area contributed by atoms with E-state index in [0.717, 1.165) is 0 Å². The number of hydrogen-bond acceptors (Lipinski definition) is 9. The highest BCUT2D eigenvalue weighted by Gasteiger charge is 2.44. The lowest BCUT2D eigenvalue weighted by Gasteiger charge is -2.43. The Morgan fingerprint density at radius 3 is 2.43 bits per heavy atom. The van der Waals surface area contributed by atoms with Gasteiger partial charge in [0.2, 0.25) is 6.29 Å². The van der Waals surface area contributed by atoms with E-state index in [2.05, 4.69) is 0 Å². The Balaban J connectivity index is 2.08. The van der Waals surface area contributed by atoms with Crippen LogP contribution in [0.4, 0.5) is 0 Å². The Bertz CT molecular complexity index is 395. The van der Waals surface area contributed by atoms with Crippen LogP contribution in [0.5, 0.6) is 0 Å². The van der Waals surface area contributed by atoms with E-state index in [9.17, 15) is 15.3 Å². The lowest BCUT2D eigenvalue weighted by atomic mass is 9.84. The molecule has 0 aromatic rings. The zero-order chi connectivity index (χ0) is 15.7. The van der Waals surface area contributed by atoms with E-state index < -0.39 is 55.4 Å². The van der Waals surface area contributed by atoms with Crippen LogP contribution >= 0.6 is 0 Å². The summed E-state index contributed by atoms with van der Waals surface area (Å²) < 4.78 is 10.8. The van der Waals surface area contributed by atoms with E-state index in [1.54, 1.807) is 0 Å². The Labute approximate surface area is 121 Å². The molecule has 3 unspecified atom stereocenters. The van der Waals surface area contributed by atoms with Gasteiger partial charge in [0.05, 0.1) is 18.2 Å². The van der Waals surface area contributed by atoms with Gasteiger partial charge < -0.3 is 47.1 Å². The van der Waals surface area contributed by atoms with Crippen molar-refractivity contribution in [3.63, 3.8) is 0 Å². The molecule has 1 heterocycles. The maximum absolute atomic E-state index is 10.0. The quantitative estimate of drug-likeness (QED) is 0.274. The Kier molecular flexibility index (Phi) is 5.17. The zero-order valence-electron chi connectivity index (χ0n) is 11.4. The molecule has 2 aliphatic rings. The minimum atomic E-state index is -1.29. The Hall–Kier alpha value is -0.780. The molecule has 1 fully saturated rings. The SMILES string of the molecule is NC1C[C@@H](N)[C@@H](O)C(O)[C@@H]1O[C@H]1OC(CO)=CC(O)[C@@H]1N. The standard InChI is InChI=1S/C12H23N3O6/c13-5-2-6(14)11(10(19)9(5)18)21-12-8(15)7(17)1-4(3-16)20-12/h1,5-12,16-19H,2-3,13-15H2/t5-,6?,7?,8+,9-,10?,11-,12-/m1/s1. The fraction of sp³-hybridized carbons (Fsp3) is 0.833. The molecule has 8 atom stereocenters. The largest absolute Gasteiger partial charge is 0.465 e. The molecule has 10 N–H and O–H groups in total. The van der Waals surface area contributed by atoms with Gasteiger partial charge in [-0.2, -0.15) is 0 Å². The summed E-state index contributed by atoms with van der Waals surface area (Å²) in [6.07, 6.45) is -4.02. The van der Waals surface area contributed by atoms with Crippen LogP contribution in [0.2, 0.25) is 0 Å². The molecule has 21 heavy (non-hydrogen) atoms. The lowest BCUT2D eigenvalue weighted by Crippen LogP contribution is -2.64. The van der Waals surface area contributed by atoms with Gasteiger partial charge in [0.15, 0.2) is 0 Å². The van der Waals surface area contributed by atoms with Crippen molar-refractivity contribution in [3.05, 3.63) is 11.8 Å². The van der Waals surface area contributed by atoms with Gasteiger partial charge in [-0.3, -0.25) is 0 Å². The number of hydrogen-bond donors (Lipinski definition) is 7. The highest BCUT2D eigenvalue weighted by atomic mass is 16.7. The highest BCUT2D eigenvalue weighted by molar-refractivity contribution is 5.07. The average molecular weight is 305 g/mol. The van der Waals surface area contributed by atoms with Crippen LogP contribution in [-0.2, 0) is 9.47 Å². The van der Waals surface area contributed by atoms with Gasteiger partial charge in [0.25, 0.3) is 0 Å². The predicted octanol–water partition coefficient (Wildman–Crippen LogP) is -3.93. The number of rotatable bonds is 3. The monoisotopic (exact) mass is 305 g/mol. The molecule has 0 aromatic heterocycles. The van der Waals surface area contributed by atoms with Crippen molar-refractivity contribution in [3.8, 4) is 0 Å². The van der Waals surface area contributed by atoms with Gasteiger partial charge in [-0.1, -0.05) is 0 Å². The van der Waals surface area contributed by atoms with Crippen molar-refractivity contribution in [1.82, 2.24) is 0 Å². The molecule has 0 aromatic carbocycles. The molecule has 2 rings (SSSR count). The summed E-state index contributed by atoms with van der Waals surface area (Å²) in [4.78, 5) is 0. The van der Waals surface area contributed by atoms with E-state index in [0.29, 0.717) is 0 Å². The Morgan fingerprint density at radius 2 is 1.81 bits per heavy atom. The number of nitrogens with two attached hydrogens (primary N) is 3. The number of aliphatic hydroxyl groups is 4. The van der Waals surface area contributed by atoms with Crippen LogP contribution in [-0.4, -0.2) is 75.9 Å². The van der Waals surface area contributed by atoms with Crippen LogP contribution in [0.1, 0.15) is 6.42 Å². The molecule has 9 heteroatoms. The molecule has 0 radical (unpaired) electrons. The van der Waals surface area contributed by atoms with Crippen molar-refractivity contribution in [2.24, 2.45) is 17.2 Å². The summed E-state index contributed by atoms with van der Waals surface area (Å²) in [5, 5.41) is 38.7. The third kappa shape index (κ3) is 3.35. The Morgan fingerprint density at radius 1 is 1.14 bits per heavy atom. The van der Waals surface area contributed by atoms with E-state index in [-0.39, 0.29) is 12.2 Å². The van der Waals surface area contributed by atoms with Crippen LogP contribution in [0, 0.1) is 0 Å². The minimum absolute atomic E-state index is 0.116. The third-order valence-corrected chi connectivity index (χ3v) is 3.87. The van der Waals surface area contributed by atoms with E-state index in [4.69, 9.17) is 31.8 Å². The maximum Gasteiger partial charge on any atom is 0.218 e. The predicted molar refractivity (Wildman–Crippen MR) is 71.5 cm³/mol. The molecular formula is C12H23N3O6. The topological polar surface area (TPSA) is 177 Å². The molecular weight excluding hydrogens is 282 g/mol. The molecule has 1 saturated carbocycles. The molecule has 0 bridgehead atoms. The van der Waals surface area contributed by atoms with Crippen LogP contribution in [0.25, 0.3) is 0 Å². The molecule has 0 saturated heterocycles. The zero-order valence-corrected chi connectivity index (χ0v) is 11.4. The van der Waals surface area contributed by atoms with E-state index in [1.165, 1.54) is 6.08 Å². The van der Waals surface area contributed by atoms with Crippen molar-refractivity contribution in [2.45, 2.75) is 55.3 Å². The molecule has 0 amide bonds. The molecule has 0 spiro atoms. The summed E-state index contributed by atoms with van der Waals surface area (Å²) in [6, 6.07) is -2.17. The summed E-state index contributed by atoms with van der Waals surface area (Å²) in [5.74, 6) is 0.116. The summed E-state index contributed by atoms with van der Waals surface area (Å²) in [6.45, 7) is -0.420. The van der Waals surface area contributed by atoms with Crippen molar-refractivity contribution in [2.75, 3.05) is 6.61 Å². The average Bonchev–Trinajstić information content (AvgIpc) is 2.45. The van der Waals surface area contributed by atoms with Crippen LogP contribution in [0.3, 0.4) is 0 Å². The maximum atomic E-state index is 10.0.